The van der Waals surface area contributed by atoms with Crippen LogP contribution >= 0.6 is 0 Å². The van der Waals surface area contributed by atoms with Gasteiger partial charge in [-0.2, -0.15) is 4.98 Å². The van der Waals surface area contributed by atoms with Gasteiger partial charge in [-0.3, -0.25) is 14.1 Å². The zero-order valence-corrected chi connectivity index (χ0v) is 29.0. The molecule has 3 heterocycles. The van der Waals surface area contributed by atoms with Crippen molar-refractivity contribution in [3.63, 3.8) is 0 Å². The van der Waals surface area contributed by atoms with Crippen LogP contribution in [-0.2, 0) is 27.1 Å². The Morgan fingerprint density at radius 1 is 1.04 bits per heavy atom. The highest BCUT2D eigenvalue weighted by molar-refractivity contribution is 7.91. The molecule has 0 saturated carbocycles. The number of aromatic nitrogens is 4. The third-order valence-corrected chi connectivity index (χ3v) is 9.53. The lowest BCUT2D eigenvalue weighted by Gasteiger charge is -2.39. The highest BCUT2D eigenvalue weighted by Crippen LogP contribution is 2.28. The van der Waals surface area contributed by atoms with Gasteiger partial charge < -0.3 is 15.0 Å². The van der Waals surface area contributed by atoms with Gasteiger partial charge >= 0.3 is 6.09 Å². The second-order valence-electron chi connectivity index (χ2n) is 13.1. The lowest BCUT2D eigenvalue weighted by Crippen LogP contribution is -2.54. The minimum absolute atomic E-state index is 0.0527. The predicted octanol–water partition coefficient (Wildman–Crippen LogP) is 6.07. The number of benzene rings is 3. The second-order valence-corrected chi connectivity index (χ2v) is 14.8. The zero-order valence-electron chi connectivity index (χ0n) is 28.2. The van der Waals surface area contributed by atoms with Crippen molar-refractivity contribution in [3.8, 4) is 11.3 Å². The molecule has 3 aromatic carbocycles. The SMILES string of the molecule is CC(C)n1c(=O)c(-c2ccc(NS(=O)(=O)Cc3ccccc3)c(F)c2)nc2cnc(N[C@@H]3CN(C(=O)OCc4ccccc4)C[C@@](C)(F)C3)nc21. The molecule has 1 aliphatic rings. The molecule has 6 rings (SSSR count). The predicted molar refractivity (Wildman–Crippen MR) is 190 cm³/mol. The summed E-state index contributed by atoms with van der Waals surface area (Å²) < 4.78 is 65.2. The normalized spacial score (nSPS) is 17.8. The fraction of sp³-hybridized carbons (Fsp3) is 0.306. The number of carbonyl (C=O) groups excluding carboxylic acids is 1. The van der Waals surface area contributed by atoms with Crippen LogP contribution in [0.25, 0.3) is 22.4 Å². The number of nitrogens with zero attached hydrogens (tertiary/aromatic N) is 5. The highest BCUT2D eigenvalue weighted by Gasteiger charge is 2.39. The fourth-order valence-corrected chi connectivity index (χ4v) is 7.28. The molecule has 2 N–H and O–H groups in total. The van der Waals surface area contributed by atoms with E-state index in [1.807, 2.05) is 30.3 Å². The number of alkyl halides is 1. The number of rotatable bonds is 10. The number of amides is 1. The van der Waals surface area contributed by atoms with Crippen LogP contribution < -0.4 is 15.6 Å². The Kier molecular flexibility index (Phi) is 10.0. The molecule has 15 heteroatoms. The van der Waals surface area contributed by atoms with E-state index in [1.165, 1.54) is 34.7 Å². The van der Waals surface area contributed by atoms with Crippen molar-refractivity contribution in [2.75, 3.05) is 23.1 Å². The molecular formula is C36H37F2N7O5S. The lowest BCUT2D eigenvalue weighted by atomic mass is 9.93. The summed E-state index contributed by atoms with van der Waals surface area (Å²) in [4.78, 5) is 41.4. The first-order chi connectivity index (χ1) is 24.3. The van der Waals surface area contributed by atoms with E-state index < -0.39 is 45.2 Å². The van der Waals surface area contributed by atoms with E-state index in [1.54, 1.807) is 44.2 Å². The summed E-state index contributed by atoms with van der Waals surface area (Å²) in [5.74, 6) is -1.13. The monoisotopic (exact) mass is 717 g/mol. The van der Waals surface area contributed by atoms with Gasteiger partial charge in [0.25, 0.3) is 5.56 Å². The molecule has 12 nitrogen and oxygen atoms in total. The number of fused-ring (bicyclic) bond motifs is 1. The molecule has 51 heavy (non-hydrogen) atoms. The summed E-state index contributed by atoms with van der Waals surface area (Å²) in [5, 5.41) is 3.11. The largest absolute Gasteiger partial charge is 0.445 e. The molecule has 1 fully saturated rings. The third-order valence-electron chi connectivity index (χ3n) is 8.29. The summed E-state index contributed by atoms with van der Waals surface area (Å²) >= 11 is 0. The van der Waals surface area contributed by atoms with Crippen molar-refractivity contribution in [1.29, 1.82) is 0 Å². The number of hydrogen-bond donors (Lipinski definition) is 2. The van der Waals surface area contributed by atoms with Crippen LogP contribution in [0, 0.1) is 5.82 Å². The van der Waals surface area contributed by atoms with Crippen molar-refractivity contribution in [3.05, 3.63) is 112 Å². The summed E-state index contributed by atoms with van der Waals surface area (Å²) in [6.45, 7) is 5.01. The van der Waals surface area contributed by atoms with Gasteiger partial charge in [0.1, 0.15) is 29.3 Å². The summed E-state index contributed by atoms with van der Waals surface area (Å²) in [7, 11) is -3.93. The Morgan fingerprint density at radius 2 is 1.73 bits per heavy atom. The van der Waals surface area contributed by atoms with E-state index in [4.69, 9.17) is 4.74 Å². The number of ether oxygens (including phenoxy) is 1. The van der Waals surface area contributed by atoms with Crippen LogP contribution in [0.3, 0.4) is 0 Å². The van der Waals surface area contributed by atoms with E-state index >= 15 is 8.78 Å². The number of hydrogen-bond acceptors (Lipinski definition) is 9. The van der Waals surface area contributed by atoms with Gasteiger partial charge in [0.15, 0.2) is 5.65 Å². The first-order valence-corrected chi connectivity index (χ1v) is 18.0. The van der Waals surface area contributed by atoms with Crippen LogP contribution in [0.4, 0.5) is 25.2 Å². The lowest BCUT2D eigenvalue weighted by molar-refractivity contribution is 0.0339. The smallest absolute Gasteiger partial charge is 0.410 e. The molecule has 0 radical (unpaired) electrons. The number of sulfonamides is 1. The molecular weight excluding hydrogens is 681 g/mol. The van der Waals surface area contributed by atoms with E-state index in [0.29, 0.717) is 5.56 Å². The first-order valence-electron chi connectivity index (χ1n) is 16.3. The standard InChI is InChI=1S/C36H37F2N7O5S/c1-23(2)45-32-30(41-31(33(45)46)26-14-15-29(28(37)16-26)43-51(48,49)21-25-12-8-5-9-13-25)18-39-34(42-32)40-27-17-36(3,38)22-44(19-27)35(47)50-20-24-10-6-4-7-11-24/h4-16,18,23,27,43H,17,19-22H2,1-3H3,(H,39,40,42)/t27-,36-/m0/s1. The van der Waals surface area contributed by atoms with Gasteiger partial charge in [-0.05, 0) is 44.0 Å². The Bertz CT molecular complexity index is 2220. The minimum Gasteiger partial charge on any atom is -0.445 e. The molecule has 5 aromatic rings. The maximum absolute atomic E-state index is 15.5. The van der Waals surface area contributed by atoms with Crippen LogP contribution in [0.5, 0.6) is 0 Å². The minimum atomic E-state index is -3.93. The van der Waals surface area contributed by atoms with Crippen molar-refractivity contribution in [2.24, 2.45) is 0 Å². The quantitative estimate of drug-likeness (QED) is 0.176. The van der Waals surface area contributed by atoms with Crippen LogP contribution in [0.2, 0.25) is 0 Å². The van der Waals surface area contributed by atoms with Gasteiger partial charge in [-0.1, -0.05) is 66.7 Å². The number of piperidine rings is 1. The van der Waals surface area contributed by atoms with Gasteiger partial charge in [0, 0.05) is 30.6 Å². The maximum atomic E-state index is 15.5. The van der Waals surface area contributed by atoms with Gasteiger partial charge in [0.2, 0.25) is 16.0 Å². The van der Waals surface area contributed by atoms with E-state index in [0.717, 1.165) is 11.6 Å². The van der Waals surface area contributed by atoms with Gasteiger partial charge in [-0.15, -0.1) is 0 Å². The topological polar surface area (TPSA) is 148 Å². The average Bonchev–Trinajstić information content (AvgIpc) is 3.07. The van der Waals surface area contributed by atoms with E-state index in [-0.39, 0.29) is 65.9 Å². The van der Waals surface area contributed by atoms with Crippen LogP contribution in [0.15, 0.2) is 89.9 Å². The molecule has 1 amide bonds. The summed E-state index contributed by atoms with van der Waals surface area (Å²) in [6.07, 6.45) is 0.820. The van der Waals surface area contributed by atoms with Crippen molar-refractivity contribution in [2.45, 2.75) is 57.3 Å². The molecule has 266 valence electrons. The third kappa shape index (κ3) is 8.48. The highest BCUT2D eigenvalue weighted by atomic mass is 32.2. The van der Waals surface area contributed by atoms with Gasteiger partial charge in [-0.25, -0.2) is 32.0 Å². The van der Waals surface area contributed by atoms with Gasteiger partial charge in [0.05, 0.1) is 24.2 Å². The molecule has 0 spiro atoms. The zero-order chi connectivity index (χ0) is 36.3. The van der Waals surface area contributed by atoms with Crippen LogP contribution in [0.1, 0.15) is 44.4 Å². The molecule has 2 aromatic heterocycles. The molecule has 1 saturated heterocycles. The molecule has 2 atom stereocenters. The number of anilines is 2. The molecule has 0 bridgehead atoms. The van der Waals surface area contributed by atoms with Crippen molar-refractivity contribution >= 4 is 38.9 Å². The Balaban J connectivity index is 1.22. The summed E-state index contributed by atoms with van der Waals surface area (Å²) in [6, 6.07) is 20.4. The summed E-state index contributed by atoms with van der Waals surface area (Å²) in [5.41, 5.74) is -0.716. The second kappa shape index (κ2) is 14.4. The molecule has 0 aliphatic carbocycles. The Hall–Kier alpha value is -5.44. The average molecular weight is 718 g/mol. The van der Waals surface area contributed by atoms with E-state index in [9.17, 15) is 18.0 Å². The number of carbonyl (C=O) groups is 1. The van der Waals surface area contributed by atoms with Crippen LogP contribution in [-0.4, -0.2) is 63.7 Å². The Morgan fingerprint density at radius 3 is 2.39 bits per heavy atom. The Labute approximate surface area is 293 Å². The van der Waals surface area contributed by atoms with E-state index in [2.05, 4.69) is 25.0 Å². The number of halogens is 2. The first kappa shape index (κ1) is 35.4. The maximum Gasteiger partial charge on any atom is 0.410 e. The molecule has 0 unspecified atom stereocenters. The number of nitrogens with one attached hydrogen (secondary N) is 2. The number of likely N-dealkylation sites (tertiary alicyclic amines) is 1. The van der Waals surface area contributed by atoms with Crippen molar-refractivity contribution in [1.82, 2.24) is 24.4 Å². The van der Waals surface area contributed by atoms with Crippen molar-refractivity contribution < 1.29 is 26.7 Å². The molecule has 1 aliphatic heterocycles. The fourth-order valence-electron chi connectivity index (χ4n) is 6.08.